The van der Waals surface area contributed by atoms with Gasteiger partial charge < -0.3 is 20.6 Å². The number of benzene rings is 2. The molecule has 1 heterocycles. The Bertz CT molecular complexity index is 898. The molecular formula is C21H23N3O4. The van der Waals surface area contributed by atoms with E-state index >= 15 is 0 Å². The van der Waals surface area contributed by atoms with Crippen molar-refractivity contribution in [3.63, 3.8) is 0 Å². The van der Waals surface area contributed by atoms with Gasteiger partial charge in [0.05, 0.1) is 5.92 Å². The summed E-state index contributed by atoms with van der Waals surface area (Å²) in [5, 5.41) is 14.8. The lowest BCUT2D eigenvalue weighted by Crippen LogP contribution is -2.30. The normalized spacial score (nSPS) is 18.6. The second-order valence-corrected chi connectivity index (χ2v) is 7.11. The maximum absolute atomic E-state index is 12.8. The van der Waals surface area contributed by atoms with Crippen molar-refractivity contribution in [1.82, 2.24) is 4.90 Å². The largest absolute Gasteiger partial charge is 0.481 e. The number of carbonyl (C=O) groups excluding carboxylic acids is 2. The lowest BCUT2D eigenvalue weighted by atomic mass is 9.99. The Morgan fingerprint density at radius 2 is 1.75 bits per heavy atom. The molecule has 1 aliphatic rings. The number of urea groups is 1. The molecule has 0 unspecified atom stereocenters. The highest BCUT2D eigenvalue weighted by Gasteiger charge is 2.37. The minimum Gasteiger partial charge on any atom is -0.481 e. The van der Waals surface area contributed by atoms with E-state index in [1.165, 1.54) is 0 Å². The smallest absolute Gasteiger partial charge is 0.323 e. The van der Waals surface area contributed by atoms with Crippen LogP contribution >= 0.6 is 0 Å². The number of aliphatic carboxylic acids is 1. The first-order chi connectivity index (χ1) is 13.3. The number of nitrogens with one attached hydrogen (secondary N) is 2. The minimum absolute atomic E-state index is 0.0962. The number of nitrogens with zero attached hydrogens (tertiary/aromatic N) is 1. The van der Waals surface area contributed by atoms with E-state index in [1.807, 2.05) is 32.0 Å². The Morgan fingerprint density at radius 1 is 1.04 bits per heavy atom. The molecule has 2 aromatic rings. The summed E-state index contributed by atoms with van der Waals surface area (Å²) in [6.45, 7) is 4.27. The number of hydrogen-bond acceptors (Lipinski definition) is 3. The molecule has 146 valence electrons. The molecule has 2 aromatic carbocycles. The number of anilines is 2. The zero-order chi connectivity index (χ0) is 20.3. The average Bonchev–Trinajstić information content (AvgIpc) is 3.06. The van der Waals surface area contributed by atoms with Gasteiger partial charge in [-0.05, 0) is 42.7 Å². The fourth-order valence-electron chi connectivity index (χ4n) is 3.33. The van der Waals surface area contributed by atoms with Crippen LogP contribution in [0.4, 0.5) is 16.2 Å². The van der Waals surface area contributed by atoms with Crippen molar-refractivity contribution >= 4 is 29.3 Å². The van der Waals surface area contributed by atoms with Crippen LogP contribution in [0.2, 0.25) is 0 Å². The highest BCUT2D eigenvalue weighted by molar-refractivity contribution is 6.02. The number of carboxylic acids is 1. The van der Waals surface area contributed by atoms with E-state index in [-0.39, 0.29) is 18.4 Å². The Hall–Kier alpha value is -3.35. The number of carboxylic acid groups (broad SMARTS) is 1. The Kier molecular flexibility index (Phi) is 5.63. The van der Waals surface area contributed by atoms with Crippen LogP contribution in [0.1, 0.15) is 22.8 Å². The summed E-state index contributed by atoms with van der Waals surface area (Å²) in [6.07, 6.45) is 0. The van der Waals surface area contributed by atoms with E-state index in [4.69, 9.17) is 0 Å². The van der Waals surface area contributed by atoms with Crippen molar-refractivity contribution in [2.75, 3.05) is 23.7 Å². The Balaban J connectivity index is 1.71. The predicted octanol–water partition coefficient (Wildman–Crippen LogP) is 3.43. The van der Waals surface area contributed by atoms with Gasteiger partial charge in [0.15, 0.2) is 0 Å². The van der Waals surface area contributed by atoms with E-state index in [9.17, 15) is 19.5 Å². The topological polar surface area (TPSA) is 98.7 Å². The lowest BCUT2D eigenvalue weighted by Gasteiger charge is -2.17. The molecule has 1 fully saturated rings. The van der Waals surface area contributed by atoms with Gasteiger partial charge in [-0.25, -0.2) is 4.79 Å². The molecule has 2 atom stereocenters. The fraction of sp³-hybridized carbons (Fsp3) is 0.286. The van der Waals surface area contributed by atoms with Gasteiger partial charge in [-0.15, -0.1) is 0 Å². The molecule has 1 saturated heterocycles. The molecule has 0 bridgehead atoms. The fourth-order valence-corrected chi connectivity index (χ4v) is 3.33. The minimum atomic E-state index is -0.883. The summed E-state index contributed by atoms with van der Waals surface area (Å²) < 4.78 is 0. The number of hydrogen-bond donors (Lipinski definition) is 3. The van der Waals surface area contributed by atoms with Gasteiger partial charge in [0.1, 0.15) is 0 Å². The first kappa shape index (κ1) is 19.4. The van der Waals surface area contributed by atoms with E-state index in [1.54, 1.807) is 35.2 Å². The van der Waals surface area contributed by atoms with Crippen LogP contribution in [0.3, 0.4) is 0 Å². The monoisotopic (exact) mass is 381 g/mol. The summed E-state index contributed by atoms with van der Waals surface area (Å²) in [7, 11) is 0. The van der Waals surface area contributed by atoms with Crippen molar-refractivity contribution in [2.24, 2.45) is 11.8 Å². The summed E-state index contributed by atoms with van der Waals surface area (Å²) in [4.78, 5) is 37.9. The molecule has 0 radical (unpaired) electrons. The van der Waals surface area contributed by atoms with Gasteiger partial charge in [-0.1, -0.05) is 31.2 Å². The number of amides is 3. The van der Waals surface area contributed by atoms with E-state index in [0.717, 1.165) is 5.56 Å². The highest BCUT2D eigenvalue weighted by Crippen LogP contribution is 2.26. The van der Waals surface area contributed by atoms with Gasteiger partial charge in [-0.3, -0.25) is 9.59 Å². The number of likely N-dealkylation sites (tertiary alicyclic amines) is 1. The van der Waals surface area contributed by atoms with E-state index in [2.05, 4.69) is 10.6 Å². The molecular weight excluding hydrogens is 358 g/mol. The summed E-state index contributed by atoms with van der Waals surface area (Å²) in [5.74, 6) is -1.77. The molecule has 1 aliphatic heterocycles. The molecule has 0 aliphatic carbocycles. The molecule has 3 rings (SSSR count). The van der Waals surface area contributed by atoms with Gasteiger partial charge in [-0.2, -0.15) is 0 Å². The molecule has 0 saturated carbocycles. The molecule has 28 heavy (non-hydrogen) atoms. The van der Waals surface area contributed by atoms with E-state index in [0.29, 0.717) is 23.5 Å². The number of aryl methyl sites for hydroxylation is 1. The molecule has 3 amide bonds. The molecule has 7 heteroatoms. The number of rotatable bonds is 4. The highest BCUT2D eigenvalue weighted by atomic mass is 16.4. The average molecular weight is 381 g/mol. The maximum Gasteiger partial charge on any atom is 0.323 e. The van der Waals surface area contributed by atoms with Crippen molar-refractivity contribution in [3.8, 4) is 0 Å². The van der Waals surface area contributed by atoms with Crippen LogP contribution in [-0.2, 0) is 4.79 Å². The van der Waals surface area contributed by atoms with Crippen LogP contribution in [-0.4, -0.2) is 41.0 Å². The summed E-state index contributed by atoms with van der Waals surface area (Å²) in [5.41, 5.74) is 2.42. The van der Waals surface area contributed by atoms with Crippen LogP contribution in [0.25, 0.3) is 0 Å². The van der Waals surface area contributed by atoms with Gasteiger partial charge in [0, 0.05) is 30.0 Å². The van der Waals surface area contributed by atoms with Crippen molar-refractivity contribution in [2.45, 2.75) is 13.8 Å². The second-order valence-electron chi connectivity index (χ2n) is 7.11. The van der Waals surface area contributed by atoms with E-state index < -0.39 is 17.9 Å². The molecule has 7 nitrogen and oxygen atoms in total. The zero-order valence-electron chi connectivity index (χ0n) is 15.8. The van der Waals surface area contributed by atoms with Gasteiger partial charge >= 0.3 is 12.0 Å². The number of para-hydroxylation sites is 1. The second kappa shape index (κ2) is 8.12. The third-order valence-corrected chi connectivity index (χ3v) is 4.98. The first-order valence-electron chi connectivity index (χ1n) is 9.11. The molecule has 0 spiro atoms. The van der Waals surface area contributed by atoms with Gasteiger partial charge in [0.2, 0.25) is 0 Å². The summed E-state index contributed by atoms with van der Waals surface area (Å²) >= 11 is 0. The van der Waals surface area contributed by atoms with Crippen LogP contribution in [0.5, 0.6) is 0 Å². The van der Waals surface area contributed by atoms with Crippen LogP contribution < -0.4 is 10.6 Å². The maximum atomic E-state index is 12.8. The SMILES string of the molecule is Cc1ccc(C(=O)N2C[C@@H](C)[C@H](C(=O)O)C2)cc1NC(=O)Nc1ccccc1. The van der Waals surface area contributed by atoms with Crippen molar-refractivity contribution in [1.29, 1.82) is 0 Å². The Labute approximate surface area is 163 Å². The molecule has 0 aromatic heterocycles. The van der Waals surface area contributed by atoms with Crippen LogP contribution in [0.15, 0.2) is 48.5 Å². The zero-order valence-corrected chi connectivity index (χ0v) is 15.8. The predicted molar refractivity (Wildman–Crippen MR) is 106 cm³/mol. The first-order valence-corrected chi connectivity index (χ1v) is 9.11. The molecule has 3 N–H and O–H groups in total. The third kappa shape index (κ3) is 4.31. The standard InChI is InChI=1S/C21H23N3O4/c1-13-8-9-15(19(25)24-11-14(2)17(12-24)20(26)27)10-18(13)23-21(28)22-16-6-4-3-5-7-16/h3-10,14,17H,11-12H2,1-2H3,(H,26,27)(H2,22,23,28)/t14-,17-/m1/s1. The summed E-state index contributed by atoms with van der Waals surface area (Å²) in [6, 6.07) is 13.7. The van der Waals surface area contributed by atoms with Crippen molar-refractivity contribution in [3.05, 3.63) is 59.7 Å². The van der Waals surface area contributed by atoms with Crippen molar-refractivity contribution < 1.29 is 19.5 Å². The third-order valence-electron chi connectivity index (χ3n) is 4.98. The lowest BCUT2D eigenvalue weighted by molar-refractivity contribution is -0.142. The number of carbonyl (C=O) groups is 3. The van der Waals surface area contributed by atoms with Crippen LogP contribution in [0, 0.1) is 18.8 Å². The Morgan fingerprint density at radius 3 is 2.39 bits per heavy atom. The van der Waals surface area contributed by atoms with Gasteiger partial charge in [0.25, 0.3) is 5.91 Å². The quantitative estimate of drug-likeness (QED) is 0.755.